The SMILES string of the molecule is C.C.CC.CC(=O)C(F)(F)F.CC(=O)NS(=O)(=O)c1ccc(N2N=C(C(F)(F)F)CC2c2ccccc2)cc1.CC(=O)[N-]S(=O)(=O)c1ccc(N2N=C(C(F)(F)F)CC2c2ccccc2)cc1.Cl.FC(F)(F)C(Cl)=Nc1ccccc1.NNc1ccc(S(N)(=O)=O)cc1.NS(=O)(=O)c1ccc(N2N=C(C(F)(F)F)CC2c2ccccc2)cc1.O=C(/C=C/c1ccccc1)C(F)(F)F.O=Cc1ccccc1.[Na+]. The maximum absolute atomic E-state index is 13.2. The minimum atomic E-state index is -4.79. The third kappa shape index (κ3) is 42.2. The summed E-state index contributed by atoms with van der Waals surface area (Å²) in [6.07, 6.45) is -26.1. The zero-order valence-electron chi connectivity index (χ0n) is 73.0. The van der Waals surface area contributed by atoms with Crippen LogP contribution in [0.3, 0.4) is 0 Å². The van der Waals surface area contributed by atoms with E-state index in [2.05, 4.69) is 30.4 Å². The van der Waals surface area contributed by atoms with E-state index in [0.29, 0.717) is 52.3 Å². The number of hydrogen-bond acceptors (Lipinski definition) is 22. The topological polar surface area (TPSA) is 397 Å². The molecule has 51 heteroatoms. The first-order chi connectivity index (χ1) is 63.7. The number of primary sulfonamides is 2. The van der Waals surface area contributed by atoms with E-state index >= 15 is 0 Å². The number of aldehydes is 1. The van der Waals surface area contributed by atoms with Gasteiger partial charge in [-0.15, -0.1) is 12.4 Å². The normalized spacial score (nSPS) is 14.6. The average molecular weight is 2130 g/mol. The molecule has 3 unspecified atom stereocenters. The van der Waals surface area contributed by atoms with Gasteiger partial charge in [0.2, 0.25) is 36.9 Å². The molecule has 0 bridgehead atoms. The molecule has 0 saturated heterocycles. The number of nitrogens with two attached hydrogens (primary N) is 3. The van der Waals surface area contributed by atoms with Gasteiger partial charge in [0.1, 0.15) is 33.4 Å². The monoisotopic (exact) mass is 2120 g/mol. The van der Waals surface area contributed by atoms with Crippen molar-refractivity contribution in [2.45, 2.75) is 143 Å². The molecule has 13 rings (SSSR count). The Morgan fingerprint density at radius 1 is 0.426 bits per heavy atom. The van der Waals surface area contributed by atoms with Gasteiger partial charge in [-0.25, -0.2) is 53.7 Å². The van der Waals surface area contributed by atoms with Crippen LogP contribution in [-0.4, -0.2) is 123 Å². The van der Waals surface area contributed by atoms with Gasteiger partial charge < -0.3 is 14.9 Å². The summed E-state index contributed by atoms with van der Waals surface area (Å²) in [6.45, 7) is 6.56. The Balaban J connectivity index is 0.000000832. The smallest absolute Gasteiger partial charge is 0.542 e. The van der Waals surface area contributed by atoms with Crippen molar-refractivity contribution >= 4 is 151 Å². The number of Topliss-reactive ketones (excluding diaryl/α,β-unsaturated/α-hetero) is 1. The van der Waals surface area contributed by atoms with Crippen LogP contribution in [0.5, 0.6) is 0 Å². The number of anilines is 4. The van der Waals surface area contributed by atoms with Gasteiger partial charge in [0.15, 0.2) is 0 Å². The average Bonchev–Trinajstić information content (AvgIpc) is 1.65. The molecule has 3 aliphatic rings. The van der Waals surface area contributed by atoms with Crippen LogP contribution in [0.2, 0.25) is 0 Å². The van der Waals surface area contributed by atoms with Crippen molar-refractivity contribution in [2.75, 3.05) is 20.5 Å². The molecule has 0 fully saturated rings. The zero-order chi connectivity index (χ0) is 103. The van der Waals surface area contributed by atoms with Crippen LogP contribution in [0, 0.1) is 0 Å². The molecule has 3 atom stereocenters. The molecule has 26 nitrogen and oxygen atoms in total. The molecule has 8 N–H and O–H groups in total. The Bertz CT molecular complexity index is 6150. The van der Waals surface area contributed by atoms with Crippen LogP contribution in [0.15, 0.2) is 325 Å². The predicted octanol–water partition coefficient (Wildman–Crippen LogP) is 19.1. The second-order valence-corrected chi connectivity index (χ2v) is 34.2. The fraction of sp³-hybridized carbons (Fsp3) is 0.211. The molecule has 0 aliphatic carbocycles. The van der Waals surface area contributed by atoms with Crippen molar-refractivity contribution in [3.63, 3.8) is 0 Å². The number of rotatable bonds is 17. The summed E-state index contributed by atoms with van der Waals surface area (Å²) < 4.78 is 319. The number of alkyl halides is 18. The number of halogens is 20. The zero-order valence-corrected chi connectivity index (χ0v) is 79.8. The summed E-state index contributed by atoms with van der Waals surface area (Å²) in [5, 5.41) is 23.4. The van der Waals surface area contributed by atoms with Gasteiger partial charge in [0.25, 0.3) is 15.8 Å². The van der Waals surface area contributed by atoms with Gasteiger partial charge in [0, 0.05) is 44.4 Å². The number of ketones is 2. The Hall–Kier alpha value is -12.2. The number of hydrazone groups is 3. The fourth-order valence-corrected chi connectivity index (χ4v) is 14.2. The molecular weight excluding hydrogens is 2040 g/mol. The van der Waals surface area contributed by atoms with E-state index < -0.39 is 141 Å². The number of benzene rings is 10. The van der Waals surface area contributed by atoms with Gasteiger partial charge in [-0.05, 0) is 144 Å². The second-order valence-electron chi connectivity index (χ2n) is 27.5. The summed E-state index contributed by atoms with van der Waals surface area (Å²) in [6, 6.07) is 70.3. The quantitative estimate of drug-likeness (QED) is 0.0107. The number of aliphatic imine (C=N–C) groups is 1. The van der Waals surface area contributed by atoms with Crippen molar-refractivity contribution < 1.29 is 166 Å². The van der Waals surface area contributed by atoms with Gasteiger partial charge in [-0.1, -0.05) is 216 Å². The number of allylic oxidation sites excluding steroid dienone is 1. The standard InChI is InChI=1S/2C18H16F3N3O3S.C16H14F3N3O2S.C10H7F3O.C8H5ClF3N.C7H6O.C6H9N3O2S.C3H3F3O.C2H6.2CH4.ClH.Na/c2*1-12(25)23-28(26,27)15-9-7-14(8-10-15)24-16(13-5-3-2-4-6-13)11-17(22-24)18(19,20)21;17-16(18,19)15-10-14(11-4-2-1-3-5-11)22(21-15)12-6-8-13(9-7-12)25(20,23)24;11-10(12,13)9(14)7-6-8-4-2-1-3-5-8;9-7(8(10,11)12)13-6-4-2-1-3-5-6;8-6-7-4-2-1-3-5-7;7-9-5-1-3-6(4-2-5)12(8,10)11;1-2(7)3(4,5)6;1-2;;;;/h2*2-10,16H,11H2,1H3,(H,23,25);1-9,14H,10H2,(H2,20,23,24);1-7H;1-5H;1-6H;1-4,9H,7H2,(H2,8,10,11);1H3;1-2H3;2*1H4;1H;/q;;;;;;;;;;;;+1/p-1/b;;;7-6+;;;;;;;;;. The minimum absolute atomic E-state index is 0. The number of nitrogens with one attached hydrogen (secondary N) is 2. The minimum Gasteiger partial charge on any atom is -0.542 e. The number of hydrogen-bond donors (Lipinski definition) is 5. The molecule has 0 radical (unpaired) electrons. The van der Waals surface area contributed by atoms with Gasteiger partial charge in [0.05, 0.1) is 66.4 Å². The maximum atomic E-state index is 13.2. The van der Waals surface area contributed by atoms with Crippen molar-refractivity contribution in [1.29, 1.82) is 0 Å². The summed E-state index contributed by atoms with van der Waals surface area (Å²) >= 11 is 4.92. The Labute approximate surface area is 833 Å². The van der Waals surface area contributed by atoms with E-state index in [4.69, 9.17) is 27.7 Å². The first kappa shape index (κ1) is 127. The van der Waals surface area contributed by atoms with E-state index in [9.17, 15) is 137 Å². The molecule has 0 spiro atoms. The molecule has 758 valence electrons. The van der Waals surface area contributed by atoms with E-state index in [1.54, 1.807) is 152 Å². The Kier molecular flexibility index (Phi) is 50.7. The molecule has 10 aromatic carbocycles. The maximum Gasteiger partial charge on any atom is 1.00 e. The fourth-order valence-electron chi connectivity index (χ4n) is 11.2. The van der Waals surface area contributed by atoms with E-state index in [1.807, 2.05) is 36.8 Å². The van der Waals surface area contributed by atoms with Crippen LogP contribution >= 0.6 is 24.0 Å². The van der Waals surface area contributed by atoms with Crippen LogP contribution < -0.4 is 70.9 Å². The van der Waals surface area contributed by atoms with Crippen molar-refractivity contribution in [2.24, 2.45) is 36.4 Å². The number of amides is 2. The summed E-state index contributed by atoms with van der Waals surface area (Å²) in [5.74, 6) is -0.136. The molecule has 141 heavy (non-hydrogen) atoms. The number of nitrogens with zero attached hydrogens (tertiary/aromatic N) is 8. The van der Waals surface area contributed by atoms with Crippen LogP contribution in [0.1, 0.15) is 119 Å². The number of nitrogen functional groups attached to an aromatic ring is 1. The predicted molar refractivity (Wildman–Crippen MR) is 500 cm³/mol. The van der Waals surface area contributed by atoms with E-state index in [-0.39, 0.29) is 107 Å². The Morgan fingerprint density at radius 2 is 0.709 bits per heavy atom. The third-order valence-electron chi connectivity index (χ3n) is 17.4. The van der Waals surface area contributed by atoms with Crippen molar-refractivity contribution in [1.82, 2.24) is 4.72 Å². The number of hydrazine groups is 1. The summed E-state index contributed by atoms with van der Waals surface area (Å²) in [5.41, 5.74) is 4.69. The number of carbonyl (C=O) groups excluding carboxylic acids is 5. The van der Waals surface area contributed by atoms with Gasteiger partial charge in [-0.2, -0.15) is 94.3 Å². The molecule has 0 saturated carbocycles. The van der Waals surface area contributed by atoms with Gasteiger partial charge >= 0.3 is 66.6 Å². The summed E-state index contributed by atoms with van der Waals surface area (Å²) in [4.78, 5) is 54.5. The number of para-hydroxylation sites is 1. The largest absolute Gasteiger partial charge is 1.00 e. The molecule has 2 amide bonds. The van der Waals surface area contributed by atoms with Crippen LogP contribution in [0.4, 0.5) is 107 Å². The molecular formula is C90H90Cl2F18N13NaO13S4. The number of sulfonamides is 4. The first-order valence-corrected chi connectivity index (χ1v) is 45.3. The molecule has 0 aromatic heterocycles. The number of carbonyl (C=O) groups is 5. The second kappa shape index (κ2) is 56.4. The van der Waals surface area contributed by atoms with Crippen molar-refractivity contribution in [3.05, 3.63) is 318 Å². The van der Waals surface area contributed by atoms with E-state index in [0.717, 1.165) is 31.8 Å². The first-order valence-electron chi connectivity index (χ1n) is 38.9. The molecule has 10 aromatic rings. The summed E-state index contributed by atoms with van der Waals surface area (Å²) in [7, 11) is -15.7. The third-order valence-corrected chi connectivity index (χ3v) is 22.4. The van der Waals surface area contributed by atoms with Crippen LogP contribution in [-0.2, 0) is 59.3 Å². The van der Waals surface area contributed by atoms with Crippen LogP contribution in [0.25, 0.3) is 10.8 Å². The van der Waals surface area contributed by atoms with Gasteiger partial charge in [-0.3, -0.25) is 40.0 Å². The molecule has 3 aliphatic heterocycles. The van der Waals surface area contributed by atoms with Crippen molar-refractivity contribution in [3.8, 4) is 0 Å². The van der Waals surface area contributed by atoms with E-state index in [1.165, 1.54) is 124 Å². The molecule has 3 heterocycles. The Morgan fingerprint density at radius 3 is 0.965 bits per heavy atom.